The summed E-state index contributed by atoms with van der Waals surface area (Å²) < 4.78 is 11.4. The van der Waals surface area contributed by atoms with E-state index in [1.165, 1.54) is 12.3 Å². The summed E-state index contributed by atoms with van der Waals surface area (Å²) in [6.45, 7) is 6.00. The van der Waals surface area contributed by atoms with E-state index in [2.05, 4.69) is 24.1 Å². The Morgan fingerprint density at radius 3 is 2.69 bits per heavy atom. The van der Waals surface area contributed by atoms with Crippen LogP contribution < -0.4 is 0 Å². The molecule has 0 aliphatic heterocycles. The van der Waals surface area contributed by atoms with E-state index < -0.39 is 33.4 Å². The van der Waals surface area contributed by atoms with Gasteiger partial charge in [-0.05, 0) is 61.8 Å². The van der Waals surface area contributed by atoms with E-state index in [4.69, 9.17) is 32.4 Å². The number of aliphatic hydroxyl groups excluding tert-OH is 1. The molecule has 0 amide bonds. The molecule has 194 valence electrons. The average molecular weight is 534 g/mol. The number of halogens is 2. The quantitative estimate of drug-likeness (QED) is 0.415. The van der Waals surface area contributed by atoms with Crippen LogP contribution in [0.25, 0.3) is 0 Å². The Morgan fingerprint density at radius 2 is 2.06 bits per heavy atom. The van der Waals surface area contributed by atoms with Crippen LogP contribution >= 0.6 is 23.2 Å². The van der Waals surface area contributed by atoms with Crippen molar-refractivity contribution in [3.8, 4) is 0 Å². The van der Waals surface area contributed by atoms with Crippen molar-refractivity contribution in [3.05, 3.63) is 48.0 Å². The first-order valence-electron chi connectivity index (χ1n) is 12.6. The summed E-state index contributed by atoms with van der Waals surface area (Å²) in [6, 6.07) is 3.11. The molecule has 8 heteroatoms. The first kappa shape index (κ1) is 25.7. The number of hydrogen-bond donors (Lipinski definition) is 1. The van der Waals surface area contributed by atoms with Gasteiger partial charge in [0.1, 0.15) is 0 Å². The number of alkyl halides is 2. The van der Waals surface area contributed by atoms with Crippen molar-refractivity contribution in [2.24, 2.45) is 33.6 Å². The Balaban J connectivity index is 1.60. The number of hydrogen-bond acceptors (Lipinski definition) is 6. The molecule has 1 aromatic rings. The van der Waals surface area contributed by atoms with Crippen LogP contribution in [0.3, 0.4) is 0 Å². The molecule has 6 nitrogen and oxygen atoms in total. The van der Waals surface area contributed by atoms with Gasteiger partial charge in [0.05, 0.1) is 28.8 Å². The smallest absolute Gasteiger partial charge is 0.375 e. The van der Waals surface area contributed by atoms with Gasteiger partial charge in [-0.2, -0.15) is 0 Å². The summed E-state index contributed by atoms with van der Waals surface area (Å²) in [5, 5.41) is 11.9. The van der Waals surface area contributed by atoms with Crippen molar-refractivity contribution in [3.63, 3.8) is 0 Å². The fourth-order valence-corrected chi connectivity index (χ4v) is 8.96. The van der Waals surface area contributed by atoms with E-state index >= 15 is 0 Å². The fourth-order valence-electron chi connectivity index (χ4n) is 8.24. The van der Waals surface area contributed by atoms with Crippen LogP contribution in [0, 0.1) is 28.6 Å². The molecule has 0 spiro atoms. The molecule has 0 aromatic carbocycles. The molecule has 36 heavy (non-hydrogen) atoms. The van der Waals surface area contributed by atoms with Crippen molar-refractivity contribution in [1.29, 1.82) is 0 Å². The maximum atomic E-state index is 13.6. The van der Waals surface area contributed by atoms with Crippen molar-refractivity contribution in [1.82, 2.24) is 0 Å². The number of fused-ring (bicyclic) bond motifs is 5. The standard InChI is InChI=1S/C28H33Cl2NO5/c1-16-12-20-19-8-7-17-13-18(31-4)9-10-25(17,2)27(19,30)22(32)14-26(20,3)28(16,23(33)15-29)36-24(34)21-6-5-11-35-21/h5-6,9-11,13,16,19-20,22,32H,7-8,12,14-15H2,1-4H3/b31-18+/t16-,19+,20+,22+,25+,26+,27+,28+/m1/s1. The number of allylic oxidation sites excluding steroid dienone is 4. The van der Waals surface area contributed by atoms with Crippen LogP contribution in [0.5, 0.6) is 0 Å². The minimum Gasteiger partial charge on any atom is -0.457 e. The normalized spacial score (nSPS) is 44.4. The third-order valence-corrected chi connectivity index (χ3v) is 11.1. The Hall–Kier alpha value is -1.89. The molecule has 0 unspecified atom stereocenters. The van der Waals surface area contributed by atoms with Gasteiger partial charge in [0.25, 0.3) is 0 Å². The van der Waals surface area contributed by atoms with Gasteiger partial charge in [0, 0.05) is 23.8 Å². The molecule has 1 heterocycles. The zero-order chi connectivity index (χ0) is 26.1. The zero-order valence-electron chi connectivity index (χ0n) is 21.1. The molecule has 1 aromatic heterocycles. The summed E-state index contributed by atoms with van der Waals surface area (Å²) in [5.41, 5.74) is -0.860. The number of aliphatic imine (C=N–C) groups is 1. The number of esters is 1. The lowest BCUT2D eigenvalue weighted by Crippen LogP contribution is -2.69. The zero-order valence-corrected chi connectivity index (χ0v) is 22.6. The Bertz CT molecular complexity index is 1170. The van der Waals surface area contributed by atoms with Crippen LogP contribution in [-0.2, 0) is 9.53 Å². The van der Waals surface area contributed by atoms with Crippen molar-refractivity contribution in [2.45, 2.75) is 63.0 Å². The van der Waals surface area contributed by atoms with Gasteiger partial charge in [-0.1, -0.05) is 32.4 Å². The lowest BCUT2D eigenvalue weighted by Gasteiger charge is -2.64. The van der Waals surface area contributed by atoms with Crippen molar-refractivity contribution in [2.75, 3.05) is 12.9 Å². The molecule has 4 aliphatic rings. The topological polar surface area (TPSA) is 89.1 Å². The molecule has 3 fully saturated rings. The fraction of sp³-hybridized carbons (Fsp3) is 0.607. The predicted octanol–water partition coefficient (Wildman–Crippen LogP) is 5.37. The summed E-state index contributed by atoms with van der Waals surface area (Å²) in [5.74, 6) is -1.79. The lowest BCUT2D eigenvalue weighted by molar-refractivity contribution is -0.177. The van der Waals surface area contributed by atoms with Crippen LogP contribution in [0.4, 0.5) is 0 Å². The molecule has 0 bridgehead atoms. The van der Waals surface area contributed by atoms with E-state index in [0.717, 1.165) is 24.1 Å². The number of ether oxygens (including phenoxy) is 1. The first-order chi connectivity index (χ1) is 17.0. The second kappa shape index (κ2) is 8.57. The summed E-state index contributed by atoms with van der Waals surface area (Å²) in [4.78, 5) is 30.1. The highest BCUT2D eigenvalue weighted by Crippen LogP contribution is 2.72. The highest BCUT2D eigenvalue weighted by atomic mass is 35.5. The van der Waals surface area contributed by atoms with E-state index in [1.54, 1.807) is 13.1 Å². The van der Waals surface area contributed by atoms with Crippen molar-refractivity contribution < 1.29 is 23.8 Å². The second-order valence-electron chi connectivity index (χ2n) is 11.3. The van der Waals surface area contributed by atoms with Gasteiger partial charge in [0.2, 0.25) is 5.76 Å². The third kappa shape index (κ3) is 3.10. The summed E-state index contributed by atoms with van der Waals surface area (Å²) in [7, 11) is 1.76. The predicted molar refractivity (Wildman–Crippen MR) is 139 cm³/mol. The highest BCUT2D eigenvalue weighted by molar-refractivity contribution is 6.29. The SMILES string of the molecule is C/N=C1\C=C[C@@]2(C)C(=C1)CC[C@H]1[C@@H]3C[C@@H](C)[C@](OC(=O)c4ccco4)(C(=O)CCl)[C@@]3(C)C[C@H](O)[C@@]12Cl. The molecular formula is C28H33Cl2NO5. The molecule has 3 saturated carbocycles. The number of carbonyl (C=O) groups is 2. The molecule has 5 rings (SSSR count). The highest BCUT2D eigenvalue weighted by Gasteiger charge is 2.76. The molecule has 4 aliphatic carbocycles. The average Bonchev–Trinajstić information content (AvgIpc) is 3.46. The Morgan fingerprint density at radius 1 is 1.31 bits per heavy atom. The second-order valence-corrected chi connectivity index (χ2v) is 12.2. The molecule has 0 radical (unpaired) electrons. The minimum absolute atomic E-state index is 0.0275. The van der Waals surface area contributed by atoms with Gasteiger partial charge in [-0.3, -0.25) is 9.79 Å². The van der Waals surface area contributed by atoms with Gasteiger partial charge in [0.15, 0.2) is 11.4 Å². The Labute approximate surface area is 221 Å². The number of Topliss-reactive ketones (excluding diaryl/α,β-unsaturated/α-hetero) is 1. The van der Waals surface area contributed by atoms with Crippen LogP contribution in [0.1, 0.15) is 57.0 Å². The van der Waals surface area contributed by atoms with E-state index in [0.29, 0.717) is 6.42 Å². The minimum atomic E-state index is -1.50. The van der Waals surface area contributed by atoms with Crippen LogP contribution in [-0.4, -0.2) is 52.1 Å². The van der Waals surface area contributed by atoms with Crippen LogP contribution in [0.2, 0.25) is 0 Å². The van der Waals surface area contributed by atoms with Crippen LogP contribution in [0.15, 0.2) is 51.6 Å². The van der Waals surface area contributed by atoms with E-state index in [1.807, 2.05) is 19.9 Å². The van der Waals surface area contributed by atoms with Crippen molar-refractivity contribution >= 4 is 40.7 Å². The van der Waals surface area contributed by atoms with Gasteiger partial charge in [-0.25, -0.2) is 4.79 Å². The molecular weight excluding hydrogens is 501 g/mol. The first-order valence-corrected chi connectivity index (χ1v) is 13.5. The Kier molecular flexibility index (Phi) is 6.13. The number of furan rings is 1. The molecule has 1 N–H and O–H groups in total. The maximum absolute atomic E-state index is 13.6. The lowest BCUT2D eigenvalue weighted by atomic mass is 9.45. The number of rotatable bonds is 4. The number of carbonyl (C=O) groups excluding carboxylic acids is 2. The largest absolute Gasteiger partial charge is 0.457 e. The molecule has 0 saturated heterocycles. The monoisotopic (exact) mass is 533 g/mol. The van der Waals surface area contributed by atoms with E-state index in [-0.39, 0.29) is 41.6 Å². The number of nitrogens with zero attached hydrogens (tertiary/aromatic N) is 1. The maximum Gasteiger partial charge on any atom is 0.375 e. The van der Waals surface area contributed by atoms with Gasteiger partial charge < -0.3 is 14.3 Å². The summed E-state index contributed by atoms with van der Waals surface area (Å²) in [6.07, 6.45) is 9.01. The van der Waals surface area contributed by atoms with Gasteiger partial charge in [-0.15, -0.1) is 23.2 Å². The molecule has 8 atom stereocenters. The van der Waals surface area contributed by atoms with Gasteiger partial charge >= 0.3 is 5.97 Å². The third-order valence-electron chi connectivity index (χ3n) is 9.96. The summed E-state index contributed by atoms with van der Waals surface area (Å²) >= 11 is 13.7. The number of aliphatic hydroxyl groups is 1. The number of ketones is 1. The van der Waals surface area contributed by atoms with E-state index in [9.17, 15) is 14.7 Å².